The molecule has 0 spiro atoms. The van der Waals surface area contributed by atoms with Crippen molar-refractivity contribution < 1.29 is 24.1 Å². The number of aromatic hydroxyl groups is 1. The lowest BCUT2D eigenvalue weighted by Crippen LogP contribution is -2.03. The van der Waals surface area contributed by atoms with Crippen molar-refractivity contribution in [2.45, 2.75) is 0 Å². The SMILES string of the molecule is COc1ccc(C(=O)c2cc(OC)c(OC)cc2O)cc1. The zero-order valence-corrected chi connectivity index (χ0v) is 12.0. The molecule has 0 aliphatic heterocycles. The van der Waals surface area contributed by atoms with E-state index in [1.54, 1.807) is 31.4 Å². The molecule has 0 amide bonds. The molecule has 0 saturated heterocycles. The fourth-order valence-corrected chi connectivity index (χ4v) is 1.95. The number of carbonyl (C=O) groups excluding carboxylic acids is 1. The highest BCUT2D eigenvalue weighted by Crippen LogP contribution is 2.35. The number of ketones is 1. The van der Waals surface area contributed by atoms with Gasteiger partial charge in [-0.05, 0) is 30.3 Å². The van der Waals surface area contributed by atoms with Gasteiger partial charge in [-0.25, -0.2) is 0 Å². The largest absolute Gasteiger partial charge is 0.507 e. The van der Waals surface area contributed by atoms with Gasteiger partial charge in [0.25, 0.3) is 0 Å². The Morgan fingerprint density at radius 1 is 0.905 bits per heavy atom. The van der Waals surface area contributed by atoms with E-state index in [2.05, 4.69) is 0 Å². The third kappa shape index (κ3) is 2.91. The minimum absolute atomic E-state index is 0.151. The van der Waals surface area contributed by atoms with Gasteiger partial charge in [0.05, 0.1) is 26.9 Å². The van der Waals surface area contributed by atoms with E-state index >= 15 is 0 Å². The Hall–Kier alpha value is -2.69. The maximum atomic E-state index is 12.4. The molecule has 21 heavy (non-hydrogen) atoms. The molecule has 0 unspecified atom stereocenters. The highest BCUT2D eigenvalue weighted by Gasteiger charge is 2.18. The first-order valence-electron chi connectivity index (χ1n) is 6.24. The molecule has 0 bridgehead atoms. The lowest BCUT2D eigenvalue weighted by Gasteiger charge is -2.11. The molecule has 0 saturated carbocycles. The summed E-state index contributed by atoms with van der Waals surface area (Å²) in [5, 5.41) is 9.99. The van der Waals surface area contributed by atoms with Crippen LogP contribution in [0, 0.1) is 0 Å². The van der Waals surface area contributed by atoms with E-state index in [-0.39, 0.29) is 17.1 Å². The minimum atomic E-state index is -0.309. The average Bonchev–Trinajstić information content (AvgIpc) is 2.54. The molecule has 0 atom stereocenters. The van der Waals surface area contributed by atoms with Gasteiger partial charge in [-0.1, -0.05) is 0 Å². The summed E-state index contributed by atoms with van der Waals surface area (Å²) in [6.07, 6.45) is 0. The van der Waals surface area contributed by atoms with Crippen LogP contribution in [0.25, 0.3) is 0 Å². The van der Waals surface area contributed by atoms with Gasteiger partial charge < -0.3 is 19.3 Å². The van der Waals surface area contributed by atoms with Gasteiger partial charge in [-0.15, -0.1) is 0 Å². The van der Waals surface area contributed by atoms with Crippen LogP contribution in [-0.4, -0.2) is 32.2 Å². The Morgan fingerprint density at radius 2 is 1.48 bits per heavy atom. The zero-order valence-electron chi connectivity index (χ0n) is 12.0. The number of hydrogen-bond acceptors (Lipinski definition) is 5. The number of methoxy groups -OCH3 is 3. The Bertz CT molecular complexity index is 646. The number of carbonyl (C=O) groups is 1. The van der Waals surface area contributed by atoms with Crippen molar-refractivity contribution in [3.05, 3.63) is 47.5 Å². The maximum absolute atomic E-state index is 12.4. The van der Waals surface area contributed by atoms with Gasteiger partial charge in [0, 0.05) is 11.6 Å². The molecule has 0 aliphatic carbocycles. The van der Waals surface area contributed by atoms with Gasteiger partial charge in [-0.3, -0.25) is 4.79 Å². The van der Waals surface area contributed by atoms with Crippen LogP contribution >= 0.6 is 0 Å². The minimum Gasteiger partial charge on any atom is -0.507 e. The Kier molecular flexibility index (Phi) is 4.33. The van der Waals surface area contributed by atoms with Gasteiger partial charge in [0.2, 0.25) is 0 Å². The molecule has 2 rings (SSSR count). The highest BCUT2D eigenvalue weighted by atomic mass is 16.5. The van der Waals surface area contributed by atoms with Crippen LogP contribution in [0.1, 0.15) is 15.9 Å². The van der Waals surface area contributed by atoms with E-state index in [1.807, 2.05) is 0 Å². The molecule has 0 aromatic heterocycles. The molecular formula is C16H16O5. The van der Waals surface area contributed by atoms with Crippen molar-refractivity contribution in [3.8, 4) is 23.0 Å². The summed E-state index contributed by atoms with van der Waals surface area (Å²) in [5.74, 6) is 0.932. The quantitative estimate of drug-likeness (QED) is 0.857. The van der Waals surface area contributed by atoms with E-state index < -0.39 is 0 Å². The number of phenolic OH excluding ortho intramolecular Hbond substituents is 1. The van der Waals surface area contributed by atoms with Crippen LogP contribution in [0.3, 0.4) is 0 Å². The molecular weight excluding hydrogens is 272 g/mol. The van der Waals surface area contributed by atoms with Gasteiger partial charge in [0.1, 0.15) is 11.5 Å². The lowest BCUT2D eigenvalue weighted by molar-refractivity contribution is 0.103. The summed E-state index contributed by atoms with van der Waals surface area (Å²) >= 11 is 0. The monoisotopic (exact) mass is 288 g/mol. The molecule has 0 radical (unpaired) electrons. The summed E-state index contributed by atoms with van der Waals surface area (Å²) in [4.78, 5) is 12.4. The summed E-state index contributed by atoms with van der Waals surface area (Å²) in [7, 11) is 4.48. The third-order valence-corrected chi connectivity index (χ3v) is 3.10. The van der Waals surface area contributed by atoms with E-state index in [1.165, 1.54) is 26.4 Å². The van der Waals surface area contributed by atoms with Crippen LogP contribution in [-0.2, 0) is 0 Å². The average molecular weight is 288 g/mol. The molecule has 2 aromatic carbocycles. The Balaban J connectivity index is 2.42. The maximum Gasteiger partial charge on any atom is 0.196 e. The van der Waals surface area contributed by atoms with Crippen molar-refractivity contribution >= 4 is 5.78 Å². The molecule has 5 nitrogen and oxygen atoms in total. The van der Waals surface area contributed by atoms with Crippen molar-refractivity contribution in [2.75, 3.05) is 21.3 Å². The van der Waals surface area contributed by atoms with Crippen molar-refractivity contribution in [1.82, 2.24) is 0 Å². The Labute approximate surface area is 122 Å². The molecule has 0 fully saturated rings. The third-order valence-electron chi connectivity index (χ3n) is 3.10. The van der Waals surface area contributed by atoms with Crippen molar-refractivity contribution in [2.24, 2.45) is 0 Å². The first-order valence-corrected chi connectivity index (χ1v) is 6.24. The van der Waals surface area contributed by atoms with E-state index in [0.717, 1.165) is 0 Å². The van der Waals surface area contributed by atoms with Gasteiger partial charge >= 0.3 is 0 Å². The summed E-state index contributed by atoms with van der Waals surface area (Å²) in [6.45, 7) is 0. The normalized spacial score (nSPS) is 10.0. The fourth-order valence-electron chi connectivity index (χ4n) is 1.95. The first kappa shape index (κ1) is 14.7. The topological polar surface area (TPSA) is 65.0 Å². The van der Waals surface area contributed by atoms with Gasteiger partial charge in [0.15, 0.2) is 17.3 Å². The van der Waals surface area contributed by atoms with E-state index in [0.29, 0.717) is 22.8 Å². The predicted octanol–water partition coefficient (Wildman–Crippen LogP) is 2.65. The fraction of sp³-hybridized carbons (Fsp3) is 0.188. The number of benzene rings is 2. The van der Waals surface area contributed by atoms with Crippen LogP contribution in [0.4, 0.5) is 0 Å². The van der Waals surface area contributed by atoms with Gasteiger partial charge in [-0.2, -0.15) is 0 Å². The van der Waals surface area contributed by atoms with Crippen LogP contribution in [0.2, 0.25) is 0 Å². The van der Waals surface area contributed by atoms with Crippen LogP contribution < -0.4 is 14.2 Å². The van der Waals surface area contributed by atoms with Crippen molar-refractivity contribution in [1.29, 1.82) is 0 Å². The number of ether oxygens (including phenoxy) is 3. The van der Waals surface area contributed by atoms with Crippen LogP contribution in [0.5, 0.6) is 23.0 Å². The summed E-state index contributed by atoms with van der Waals surface area (Å²) in [6, 6.07) is 9.46. The van der Waals surface area contributed by atoms with Crippen molar-refractivity contribution in [3.63, 3.8) is 0 Å². The molecule has 5 heteroatoms. The number of phenols is 1. The smallest absolute Gasteiger partial charge is 0.196 e. The second-order valence-electron chi connectivity index (χ2n) is 4.28. The molecule has 0 aliphatic rings. The summed E-state index contributed by atoms with van der Waals surface area (Å²) < 4.78 is 15.3. The van der Waals surface area contributed by atoms with Crippen LogP contribution in [0.15, 0.2) is 36.4 Å². The summed E-state index contributed by atoms with van der Waals surface area (Å²) in [5.41, 5.74) is 0.594. The Morgan fingerprint density at radius 3 is 2.00 bits per heavy atom. The second-order valence-corrected chi connectivity index (χ2v) is 4.28. The lowest BCUT2D eigenvalue weighted by atomic mass is 10.0. The first-order chi connectivity index (χ1) is 10.1. The number of rotatable bonds is 5. The zero-order chi connectivity index (χ0) is 15.4. The second kappa shape index (κ2) is 6.17. The highest BCUT2D eigenvalue weighted by molar-refractivity contribution is 6.11. The molecule has 2 aromatic rings. The number of hydrogen-bond donors (Lipinski definition) is 1. The molecule has 110 valence electrons. The van der Waals surface area contributed by atoms with E-state index in [9.17, 15) is 9.90 Å². The van der Waals surface area contributed by atoms with E-state index in [4.69, 9.17) is 14.2 Å². The predicted molar refractivity (Wildman–Crippen MR) is 77.6 cm³/mol. The standard InChI is InChI=1S/C16H16O5/c1-19-11-6-4-10(5-7-11)16(18)12-8-14(20-2)15(21-3)9-13(12)17/h4-9,17H,1-3H3. The molecule has 1 N–H and O–H groups in total. The molecule has 0 heterocycles.